The summed E-state index contributed by atoms with van der Waals surface area (Å²) in [6.07, 6.45) is 0. The minimum absolute atomic E-state index is 0.190. The van der Waals surface area contributed by atoms with E-state index in [4.69, 9.17) is 5.26 Å². The fourth-order valence-corrected chi connectivity index (χ4v) is 2.71. The Morgan fingerprint density at radius 2 is 2.21 bits per heavy atom. The largest absolute Gasteiger partial charge is 0.295 e. The van der Waals surface area contributed by atoms with Crippen LogP contribution in [0.2, 0.25) is 0 Å². The van der Waals surface area contributed by atoms with Crippen molar-refractivity contribution in [1.29, 1.82) is 5.26 Å². The second kappa shape index (κ2) is 4.92. The van der Waals surface area contributed by atoms with Gasteiger partial charge in [-0.15, -0.1) is 11.3 Å². The summed E-state index contributed by atoms with van der Waals surface area (Å²) in [6, 6.07) is 4.42. The van der Waals surface area contributed by atoms with Crippen molar-refractivity contribution in [3.05, 3.63) is 20.3 Å². The van der Waals surface area contributed by atoms with Gasteiger partial charge in [0.25, 0.3) is 0 Å². The minimum Gasteiger partial charge on any atom is -0.295 e. The lowest BCUT2D eigenvalue weighted by molar-refractivity contribution is 0.551. The van der Waals surface area contributed by atoms with Gasteiger partial charge in [0.05, 0.1) is 6.07 Å². The predicted molar refractivity (Wildman–Crippen MR) is 63.4 cm³/mol. The van der Waals surface area contributed by atoms with Crippen LogP contribution in [0.1, 0.15) is 29.6 Å². The smallest absolute Gasteiger partial charge is 0.130 e. The van der Waals surface area contributed by atoms with E-state index in [0.29, 0.717) is 6.04 Å². The number of halogens is 1. The van der Waals surface area contributed by atoms with E-state index in [1.165, 1.54) is 4.88 Å². The van der Waals surface area contributed by atoms with Crippen LogP contribution in [-0.2, 0) is 0 Å². The van der Waals surface area contributed by atoms with E-state index in [1.807, 2.05) is 26.8 Å². The summed E-state index contributed by atoms with van der Waals surface area (Å²) < 4.78 is 1.09. The summed E-state index contributed by atoms with van der Waals surface area (Å²) in [6.45, 7) is 6.13. The third-order valence-corrected chi connectivity index (χ3v) is 3.99. The molecule has 1 unspecified atom stereocenters. The molecule has 0 bridgehead atoms. The number of thiophene rings is 1. The molecule has 1 aromatic heterocycles. The third-order valence-electron chi connectivity index (χ3n) is 1.79. The Kier molecular flexibility index (Phi) is 4.11. The number of nitriles is 1. The van der Waals surface area contributed by atoms with Crippen LogP contribution in [0.25, 0.3) is 0 Å². The lowest BCUT2D eigenvalue weighted by Gasteiger charge is -2.12. The Labute approximate surface area is 97.1 Å². The van der Waals surface area contributed by atoms with Gasteiger partial charge in [0, 0.05) is 20.3 Å². The molecule has 0 fully saturated rings. The van der Waals surface area contributed by atoms with Crippen molar-refractivity contribution in [3.8, 4) is 6.07 Å². The summed E-state index contributed by atoms with van der Waals surface area (Å²) in [7, 11) is 0. The Morgan fingerprint density at radius 1 is 1.57 bits per heavy atom. The van der Waals surface area contributed by atoms with E-state index in [2.05, 4.69) is 27.3 Å². The molecule has 1 atom stereocenters. The highest BCUT2D eigenvalue weighted by Gasteiger charge is 2.14. The molecular formula is C10H13BrN2S. The maximum absolute atomic E-state index is 9.01. The highest BCUT2D eigenvalue weighted by atomic mass is 79.9. The summed E-state index contributed by atoms with van der Waals surface area (Å²) in [4.78, 5) is 2.29. The Morgan fingerprint density at radius 3 is 2.57 bits per heavy atom. The van der Waals surface area contributed by atoms with E-state index in [0.717, 1.165) is 9.35 Å². The van der Waals surface area contributed by atoms with E-state index >= 15 is 0 Å². The first-order chi connectivity index (χ1) is 6.54. The van der Waals surface area contributed by atoms with Gasteiger partial charge in [0.2, 0.25) is 0 Å². The van der Waals surface area contributed by atoms with Gasteiger partial charge in [-0.05, 0) is 42.8 Å². The van der Waals surface area contributed by atoms with Gasteiger partial charge in [-0.25, -0.2) is 0 Å². The van der Waals surface area contributed by atoms with Crippen molar-refractivity contribution >= 4 is 27.3 Å². The van der Waals surface area contributed by atoms with Gasteiger partial charge < -0.3 is 0 Å². The van der Waals surface area contributed by atoms with Gasteiger partial charge in [-0.1, -0.05) is 0 Å². The van der Waals surface area contributed by atoms with Gasteiger partial charge in [-0.3, -0.25) is 5.32 Å². The molecule has 1 N–H and O–H groups in total. The third kappa shape index (κ3) is 2.81. The molecule has 76 valence electrons. The molecule has 0 amide bonds. The van der Waals surface area contributed by atoms with Crippen molar-refractivity contribution in [3.63, 3.8) is 0 Å². The minimum atomic E-state index is -0.190. The monoisotopic (exact) mass is 272 g/mol. The van der Waals surface area contributed by atoms with E-state index in [-0.39, 0.29) is 6.04 Å². The molecule has 1 aromatic rings. The van der Waals surface area contributed by atoms with Gasteiger partial charge in [0.15, 0.2) is 0 Å². The van der Waals surface area contributed by atoms with Gasteiger partial charge >= 0.3 is 0 Å². The van der Waals surface area contributed by atoms with Crippen LogP contribution in [0.3, 0.4) is 0 Å². The normalized spacial score (nSPS) is 12.9. The Balaban J connectivity index is 2.85. The fourth-order valence-electron chi connectivity index (χ4n) is 1.14. The average molecular weight is 273 g/mol. The molecule has 2 nitrogen and oxygen atoms in total. The Hall–Kier alpha value is -0.370. The first-order valence-electron chi connectivity index (χ1n) is 4.46. The molecule has 1 rings (SSSR count). The molecule has 0 aromatic carbocycles. The average Bonchev–Trinajstić information content (AvgIpc) is 2.42. The second-order valence-electron chi connectivity index (χ2n) is 3.44. The lowest BCUT2D eigenvalue weighted by Crippen LogP contribution is -2.26. The van der Waals surface area contributed by atoms with Crippen LogP contribution in [0.5, 0.6) is 0 Å². The van der Waals surface area contributed by atoms with E-state index < -0.39 is 0 Å². The van der Waals surface area contributed by atoms with E-state index in [1.54, 1.807) is 11.3 Å². The summed E-state index contributed by atoms with van der Waals surface area (Å²) in [5.74, 6) is 0. The van der Waals surface area contributed by atoms with Gasteiger partial charge in [0.1, 0.15) is 6.04 Å². The molecule has 0 aliphatic carbocycles. The highest BCUT2D eigenvalue weighted by molar-refractivity contribution is 9.10. The zero-order valence-electron chi connectivity index (χ0n) is 8.47. The van der Waals surface area contributed by atoms with Crippen LogP contribution in [-0.4, -0.2) is 6.04 Å². The fraction of sp³-hybridized carbons (Fsp3) is 0.500. The number of rotatable bonds is 3. The summed E-state index contributed by atoms with van der Waals surface area (Å²) in [5, 5.41) is 12.2. The van der Waals surface area contributed by atoms with Crippen LogP contribution in [0.4, 0.5) is 0 Å². The maximum atomic E-state index is 9.01. The highest BCUT2D eigenvalue weighted by Crippen LogP contribution is 2.30. The summed E-state index contributed by atoms with van der Waals surface area (Å²) in [5.41, 5.74) is 0. The zero-order valence-corrected chi connectivity index (χ0v) is 10.9. The van der Waals surface area contributed by atoms with Crippen LogP contribution in [0, 0.1) is 18.3 Å². The molecule has 0 saturated heterocycles. The molecular weight excluding hydrogens is 260 g/mol. The maximum Gasteiger partial charge on any atom is 0.130 e. The van der Waals surface area contributed by atoms with Crippen LogP contribution >= 0.6 is 27.3 Å². The second-order valence-corrected chi connectivity index (χ2v) is 5.58. The molecule has 0 aliphatic heterocycles. The van der Waals surface area contributed by atoms with Crippen LogP contribution in [0.15, 0.2) is 10.5 Å². The molecule has 0 saturated carbocycles. The number of nitrogens with one attached hydrogen (secondary N) is 1. The standard InChI is InChI=1S/C10H13BrN2S/c1-6(2)13-9(5-12)10-4-8(11)7(3)14-10/h4,6,9,13H,1-3H3. The zero-order chi connectivity index (χ0) is 10.7. The Bertz CT molecular complexity index is 332. The van der Waals surface area contributed by atoms with Crippen molar-refractivity contribution in [2.75, 3.05) is 0 Å². The topological polar surface area (TPSA) is 35.8 Å². The molecule has 4 heteroatoms. The lowest BCUT2D eigenvalue weighted by atomic mass is 10.2. The van der Waals surface area contributed by atoms with Gasteiger partial charge in [-0.2, -0.15) is 5.26 Å². The summed E-state index contributed by atoms with van der Waals surface area (Å²) >= 11 is 5.11. The number of hydrogen-bond acceptors (Lipinski definition) is 3. The molecule has 1 heterocycles. The number of nitrogens with zero attached hydrogens (tertiary/aromatic N) is 1. The van der Waals surface area contributed by atoms with Crippen molar-refractivity contribution in [2.45, 2.75) is 32.9 Å². The molecule has 0 radical (unpaired) electrons. The number of aryl methyl sites for hydroxylation is 1. The quantitative estimate of drug-likeness (QED) is 0.916. The first kappa shape index (κ1) is 11.7. The van der Waals surface area contributed by atoms with E-state index in [9.17, 15) is 0 Å². The molecule has 0 spiro atoms. The SMILES string of the molecule is Cc1sc(C(C#N)NC(C)C)cc1Br. The van der Waals surface area contributed by atoms with Crippen LogP contribution < -0.4 is 5.32 Å². The van der Waals surface area contributed by atoms with Crippen molar-refractivity contribution in [1.82, 2.24) is 5.32 Å². The molecule has 0 aliphatic rings. The number of hydrogen-bond donors (Lipinski definition) is 1. The van der Waals surface area contributed by atoms with Crippen molar-refractivity contribution < 1.29 is 0 Å². The first-order valence-corrected chi connectivity index (χ1v) is 6.07. The molecule has 14 heavy (non-hydrogen) atoms. The van der Waals surface area contributed by atoms with Crippen molar-refractivity contribution in [2.24, 2.45) is 0 Å². The predicted octanol–water partition coefficient (Wildman–Crippen LogP) is 3.38.